The lowest BCUT2D eigenvalue weighted by atomic mass is 10.1. The molecule has 4 aromatic heterocycles. The highest BCUT2D eigenvalue weighted by Crippen LogP contribution is 2.71. The van der Waals surface area contributed by atoms with Crippen molar-refractivity contribution in [3.05, 3.63) is 33.4 Å². The number of nitrogens with zero attached hydrogens (tertiary/aromatic N) is 6. The van der Waals surface area contributed by atoms with Crippen LogP contribution in [0.5, 0.6) is 0 Å². The van der Waals surface area contributed by atoms with Crippen LogP contribution >= 0.6 is 32.7 Å². The maximum Gasteiger partial charge on any atom is 0.479 e. The summed E-state index contributed by atoms with van der Waals surface area (Å²) < 4.78 is 54.1. The maximum atomic E-state index is 12.8. The van der Waals surface area contributed by atoms with E-state index in [0.29, 0.717) is 0 Å². The van der Waals surface area contributed by atoms with Crippen molar-refractivity contribution in [2.75, 3.05) is 23.8 Å². The molecule has 4 aromatic rings. The Bertz CT molecular complexity index is 2290. The van der Waals surface area contributed by atoms with Gasteiger partial charge in [-0.1, -0.05) is 4.98 Å². The molecule has 0 aromatic carbocycles. The van der Waals surface area contributed by atoms with Crippen molar-refractivity contribution >= 4 is 78.8 Å². The van der Waals surface area contributed by atoms with E-state index in [4.69, 9.17) is 25.5 Å². The van der Waals surface area contributed by atoms with Gasteiger partial charge in [0.15, 0.2) is 23.7 Å². The largest absolute Gasteiger partial charge is 0.479 e. The molecule has 0 radical (unpaired) electrons. The first-order valence-corrected chi connectivity index (χ1v) is 21.6. The van der Waals surface area contributed by atoms with Crippen molar-refractivity contribution in [3.63, 3.8) is 0 Å². The number of nitrogens with two attached hydrogens (primary N) is 2. The molecule has 286 valence electrons. The summed E-state index contributed by atoms with van der Waals surface area (Å²) in [5.74, 6) is -1.11. The Balaban J connectivity index is 1.05. The standard InChI is InChI=1S/C21H29N10O16P3S2/c1-29-5-31(15-9(29)17(37)28-21(23)26-15)19-12(34)10(32)6(44-19)2-43-48(38,39)46-50(42,51)47-49(40,41)52-3-7-11(33)13(35)18(45-7)30-4-24-8-14(30)25-20(22)27-16(8)36/h4-7,10-13,18-19,32-35H,2-3H2,1H3,(H8-,22,23,25,26,27,28,36,37,38,39,40,41,42,51)/p+1/t6-,7-,10?,11+,12+,13?,18-,19-,50?/m1/s1. The van der Waals surface area contributed by atoms with Gasteiger partial charge < -0.3 is 56.0 Å². The monoisotopic (exact) mass is 835 g/mol. The minimum atomic E-state index is -5.43. The summed E-state index contributed by atoms with van der Waals surface area (Å²) in [4.78, 5) is 71.8. The summed E-state index contributed by atoms with van der Waals surface area (Å²) in [6.45, 7) is -11.1. The van der Waals surface area contributed by atoms with E-state index in [1.807, 2.05) is 0 Å². The number of nitrogen functional groups attached to an aromatic ring is 2. The lowest BCUT2D eigenvalue weighted by molar-refractivity contribution is -0.745. The van der Waals surface area contributed by atoms with Gasteiger partial charge in [0.05, 0.1) is 26.1 Å². The van der Waals surface area contributed by atoms with E-state index in [2.05, 4.69) is 45.3 Å². The number of ether oxygens (including phenoxy) is 2. The van der Waals surface area contributed by atoms with E-state index >= 15 is 0 Å². The van der Waals surface area contributed by atoms with Crippen LogP contribution in [-0.4, -0.2) is 118 Å². The smallest absolute Gasteiger partial charge is 0.387 e. The van der Waals surface area contributed by atoms with Crippen LogP contribution in [0, 0.1) is 0 Å². The average molecular weight is 836 g/mol. The molecular weight excluding hydrogens is 805 g/mol. The van der Waals surface area contributed by atoms with Gasteiger partial charge in [-0.15, -0.1) is 0 Å². The fourth-order valence-electron chi connectivity index (χ4n) is 5.44. The van der Waals surface area contributed by atoms with E-state index in [1.165, 1.54) is 22.5 Å². The molecular formula is C21H30N10O16P3S2+. The molecule has 26 nitrogen and oxygen atoms in total. The molecule has 2 aliphatic heterocycles. The average Bonchev–Trinajstić information content (AvgIpc) is 3.74. The Kier molecular flexibility index (Phi) is 10.6. The topological polar surface area (TPSA) is 392 Å². The van der Waals surface area contributed by atoms with Gasteiger partial charge in [-0.3, -0.25) is 33.2 Å². The third-order valence-corrected chi connectivity index (χ3v) is 15.5. The number of anilines is 2. The van der Waals surface area contributed by atoms with Gasteiger partial charge in [0.25, 0.3) is 17.1 Å². The van der Waals surface area contributed by atoms with Gasteiger partial charge in [-0.25, -0.2) is 27.3 Å². The minimum absolute atomic E-state index is 0.0281. The van der Waals surface area contributed by atoms with Crippen LogP contribution in [0.15, 0.2) is 22.2 Å². The van der Waals surface area contributed by atoms with E-state index in [-0.39, 0.29) is 45.6 Å². The van der Waals surface area contributed by atoms with Crippen molar-refractivity contribution in [1.82, 2.24) is 34.1 Å². The normalized spacial score (nSPS) is 30.1. The number of aliphatic hydroxyl groups is 4. The third-order valence-electron chi connectivity index (χ3n) is 7.68. The number of aliphatic hydroxyl groups excluding tert-OH is 4. The molecule has 2 saturated heterocycles. The predicted octanol–water partition coefficient (Wildman–Crippen LogP) is -3.71. The van der Waals surface area contributed by atoms with Gasteiger partial charge >= 0.3 is 27.0 Å². The van der Waals surface area contributed by atoms with Gasteiger partial charge in [-0.05, 0) is 23.2 Å². The zero-order valence-electron chi connectivity index (χ0n) is 26.0. The molecule has 13 N–H and O–H groups in total. The van der Waals surface area contributed by atoms with E-state index < -0.39 is 93.9 Å². The number of phosphoric acid groups is 1. The number of phosphoric ester groups is 1. The number of H-pyrrole nitrogens is 2. The van der Waals surface area contributed by atoms with E-state index in [9.17, 15) is 53.8 Å². The number of hydrogen-bond acceptors (Lipinski definition) is 20. The van der Waals surface area contributed by atoms with Crippen molar-refractivity contribution < 1.29 is 71.4 Å². The SMILES string of the molecule is Cn1c[n+]([C@@H]2O[C@H](COP(=O)(O)OP(O)(=S)OP(=O)(O)SC[C@H]3O[C@@H](n4cnc5c(=O)[nH]c(N)nc54)C(O)[C@H]3O)C(O)[C@@H]2O)c2nc(N)[nH]c(=O)c21. The number of aromatic nitrogens is 8. The molecule has 0 saturated carbocycles. The molecule has 0 amide bonds. The van der Waals surface area contributed by atoms with E-state index in [0.717, 1.165) is 10.9 Å². The first-order chi connectivity index (χ1) is 24.2. The highest BCUT2D eigenvalue weighted by Gasteiger charge is 2.49. The summed E-state index contributed by atoms with van der Waals surface area (Å²) in [6, 6.07) is 0. The molecule has 2 fully saturated rings. The second-order valence-corrected chi connectivity index (χ2v) is 19.8. The van der Waals surface area contributed by atoms with E-state index in [1.54, 1.807) is 0 Å². The van der Waals surface area contributed by atoms with Crippen molar-refractivity contribution in [2.45, 2.75) is 49.1 Å². The Hall–Kier alpha value is -2.72. The molecule has 6 heterocycles. The number of aryl methyl sites for hydroxylation is 1. The third kappa shape index (κ3) is 7.75. The Morgan fingerprint density at radius 3 is 2.35 bits per heavy atom. The number of nitrogens with one attached hydrogen (secondary N) is 2. The van der Waals surface area contributed by atoms with Gasteiger partial charge in [0, 0.05) is 5.75 Å². The fourth-order valence-corrected chi connectivity index (χ4v) is 13.4. The zero-order valence-corrected chi connectivity index (χ0v) is 30.3. The number of imidazole rings is 2. The molecule has 6 rings (SSSR count). The predicted molar refractivity (Wildman–Crippen MR) is 177 cm³/mol. The Morgan fingerprint density at radius 1 is 0.981 bits per heavy atom. The second kappa shape index (κ2) is 14.2. The Labute approximate surface area is 297 Å². The minimum Gasteiger partial charge on any atom is -0.387 e. The van der Waals surface area contributed by atoms with Crippen molar-refractivity contribution in [3.8, 4) is 0 Å². The second-order valence-electron chi connectivity index (χ2n) is 11.3. The first-order valence-electron chi connectivity index (χ1n) is 14.4. The fraction of sp³-hybridized carbons (Fsp3) is 0.524. The molecule has 5 unspecified atom stereocenters. The highest BCUT2D eigenvalue weighted by atomic mass is 32.7. The lowest BCUT2D eigenvalue weighted by Gasteiger charge is -2.22. The molecule has 2 aliphatic rings. The molecule has 0 bridgehead atoms. The lowest BCUT2D eigenvalue weighted by Crippen LogP contribution is -2.46. The van der Waals surface area contributed by atoms with Gasteiger partial charge in [0.1, 0.15) is 30.5 Å². The zero-order chi connectivity index (χ0) is 38.1. The van der Waals surface area contributed by atoms with Gasteiger partial charge in [-0.2, -0.15) is 4.98 Å². The van der Waals surface area contributed by atoms with Crippen LogP contribution in [0.1, 0.15) is 12.5 Å². The van der Waals surface area contributed by atoms with Crippen molar-refractivity contribution in [2.24, 2.45) is 7.05 Å². The number of aromatic amines is 2. The summed E-state index contributed by atoms with van der Waals surface area (Å²) in [5.41, 5.74) is 9.68. The van der Waals surface area contributed by atoms with Crippen LogP contribution in [0.25, 0.3) is 22.3 Å². The highest BCUT2D eigenvalue weighted by molar-refractivity contribution is 8.55. The number of hydrogen-bond donors (Lipinski definition) is 11. The molecule has 0 spiro atoms. The molecule has 31 heteroatoms. The molecule has 0 aliphatic carbocycles. The summed E-state index contributed by atoms with van der Waals surface area (Å²) >= 11 is 4.67. The first kappa shape index (κ1) is 39.0. The van der Waals surface area contributed by atoms with Crippen LogP contribution < -0.4 is 27.2 Å². The van der Waals surface area contributed by atoms with Gasteiger partial charge in [0.2, 0.25) is 17.7 Å². The van der Waals surface area contributed by atoms with Crippen LogP contribution in [0.2, 0.25) is 0 Å². The van der Waals surface area contributed by atoms with Crippen LogP contribution in [0.4, 0.5) is 11.9 Å². The summed E-state index contributed by atoms with van der Waals surface area (Å²) in [5, 5.41) is 42.3. The van der Waals surface area contributed by atoms with Crippen molar-refractivity contribution in [1.29, 1.82) is 0 Å². The number of fused-ring (bicyclic) bond motifs is 2. The summed E-state index contributed by atoms with van der Waals surface area (Å²) in [7, 11) is -3.94. The quantitative estimate of drug-likeness (QED) is 0.0483. The summed E-state index contributed by atoms with van der Waals surface area (Å²) in [6.07, 6.45) is -10.0. The maximum absolute atomic E-state index is 12.8. The molecule has 52 heavy (non-hydrogen) atoms. The molecule has 11 atom stereocenters. The number of rotatable bonds is 12. The van der Waals surface area contributed by atoms with Crippen LogP contribution in [-0.2, 0) is 50.6 Å². The van der Waals surface area contributed by atoms with Crippen LogP contribution in [0.3, 0.4) is 0 Å². The Morgan fingerprint density at radius 2 is 1.63 bits per heavy atom.